The van der Waals surface area contributed by atoms with Crippen LogP contribution in [0.25, 0.3) is 0 Å². The summed E-state index contributed by atoms with van der Waals surface area (Å²) in [5, 5.41) is 3.99. The average molecular weight is 577 g/mol. The molecule has 0 radical (unpaired) electrons. The first kappa shape index (κ1) is 30.2. The second-order valence-electron chi connectivity index (χ2n) is 8.53. The van der Waals surface area contributed by atoms with Crippen molar-refractivity contribution in [2.24, 2.45) is 0 Å². The molecule has 11 heteroatoms. The van der Waals surface area contributed by atoms with Gasteiger partial charge in [0.25, 0.3) is 0 Å². The number of nitrogens with one attached hydrogen (secondary N) is 1. The molecule has 2 amide bonds. The minimum absolute atomic E-state index is 0.000665. The van der Waals surface area contributed by atoms with Crippen LogP contribution in [0.5, 0.6) is 0 Å². The maximum atomic E-state index is 13.7. The van der Waals surface area contributed by atoms with Gasteiger partial charge in [0.1, 0.15) is 12.6 Å². The summed E-state index contributed by atoms with van der Waals surface area (Å²) in [5.74, 6) is -0.863. The minimum atomic E-state index is -3.86. The first-order valence-corrected chi connectivity index (χ1v) is 14.6. The predicted molar refractivity (Wildman–Crippen MR) is 147 cm³/mol. The van der Waals surface area contributed by atoms with Gasteiger partial charge in [0.15, 0.2) is 0 Å². The van der Waals surface area contributed by atoms with E-state index in [1.807, 2.05) is 6.92 Å². The van der Waals surface area contributed by atoms with E-state index in [2.05, 4.69) is 5.32 Å². The maximum absolute atomic E-state index is 13.7. The van der Waals surface area contributed by atoms with Crippen LogP contribution < -0.4 is 9.62 Å². The first-order chi connectivity index (χ1) is 16.9. The number of anilines is 1. The van der Waals surface area contributed by atoms with Gasteiger partial charge >= 0.3 is 0 Å². The molecule has 0 heterocycles. The number of hydrogen-bond acceptors (Lipinski definition) is 4. The standard InChI is InChI=1S/C25H32Cl3N3O4S/c1-5-7-12-29-25(33)22(6-2)30(15-18-9-11-19(26)13-21(18)28)24(32)16-31(36(4,34)35)23-14-20(27)10-8-17(23)3/h8-11,13-14,22H,5-7,12,15-16H2,1-4H3,(H,29,33). The van der Waals surface area contributed by atoms with E-state index in [0.29, 0.717) is 44.8 Å². The highest BCUT2D eigenvalue weighted by Gasteiger charge is 2.32. The van der Waals surface area contributed by atoms with Crippen molar-refractivity contribution in [3.63, 3.8) is 0 Å². The lowest BCUT2D eigenvalue weighted by molar-refractivity contribution is -0.140. The lowest BCUT2D eigenvalue weighted by Gasteiger charge is -2.33. The molecule has 0 aliphatic rings. The van der Waals surface area contributed by atoms with Gasteiger partial charge in [-0.2, -0.15) is 0 Å². The SMILES string of the molecule is CCCCNC(=O)C(CC)N(Cc1ccc(Cl)cc1Cl)C(=O)CN(c1cc(Cl)ccc1C)S(C)(=O)=O. The molecule has 1 unspecified atom stereocenters. The predicted octanol–water partition coefficient (Wildman–Crippen LogP) is 5.44. The van der Waals surface area contributed by atoms with Gasteiger partial charge < -0.3 is 10.2 Å². The molecule has 0 aliphatic heterocycles. The fourth-order valence-corrected chi connectivity index (χ4v) is 5.24. The number of rotatable bonds is 12. The lowest BCUT2D eigenvalue weighted by atomic mass is 10.1. The molecule has 2 rings (SSSR count). The Morgan fingerprint density at radius 1 is 1.03 bits per heavy atom. The van der Waals surface area contributed by atoms with Crippen LogP contribution in [0.2, 0.25) is 15.1 Å². The summed E-state index contributed by atoms with van der Waals surface area (Å²) < 4.78 is 26.5. The van der Waals surface area contributed by atoms with Crippen molar-refractivity contribution in [1.82, 2.24) is 10.2 Å². The van der Waals surface area contributed by atoms with E-state index >= 15 is 0 Å². The molecule has 0 saturated heterocycles. The summed E-state index contributed by atoms with van der Waals surface area (Å²) in [5.41, 5.74) is 1.51. The molecule has 0 bridgehead atoms. The number of aryl methyl sites for hydroxylation is 1. The number of unbranched alkanes of at least 4 members (excludes halogenated alkanes) is 1. The molecule has 0 spiro atoms. The summed E-state index contributed by atoms with van der Waals surface area (Å²) in [6, 6.07) is 8.88. The first-order valence-electron chi connectivity index (χ1n) is 11.6. The van der Waals surface area contributed by atoms with Crippen LogP contribution in [-0.2, 0) is 26.2 Å². The van der Waals surface area contributed by atoms with Gasteiger partial charge in [-0.05, 0) is 55.2 Å². The molecule has 0 aromatic heterocycles. The Hall–Kier alpha value is -2.00. The van der Waals surface area contributed by atoms with Crippen LogP contribution in [0, 0.1) is 6.92 Å². The Morgan fingerprint density at radius 2 is 1.67 bits per heavy atom. The van der Waals surface area contributed by atoms with Gasteiger partial charge in [-0.15, -0.1) is 0 Å². The molecular formula is C25H32Cl3N3O4S. The molecule has 2 aromatic carbocycles. The van der Waals surface area contributed by atoms with Crippen molar-refractivity contribution in [3.05, 3.63) is 62.6 Å². The molecule has 7 nitrogen and oxygen atoms in total. The van der Waals surface area contributed by atoms with E-state index in [1.165, 1.54) is 11.0 Å². The minimum Gasteiger partial charge on any atom is -0.354 e. The topological polar surface area (TPSA) is 86.8 Å². The second-order valence-corrected chi connectivity index (χ2v) is 11.7. The fraction of sp³-hybridized carbons (Fsp3) is 0.440. The Balaban J connectivity index is 2.48. The summed E-state index contributed by atoms with van der Waals surface area (Å²) in [6.07, 6.45) is 3.05. The maximum Gasteiger partial charge on any atom is 0.244 e. The number of carbonyl (C=O) groups is 2. The number of carbonyl (C=O) groups excluding carboxylic acids is 2. The van der Waals surface area contributed by atoms with E-state index in [9.17, 15) is 18.0 Å². The highest BCUT2D eigenvalue weighted by Crippen LogP contribution is 2.28. The van der Waals surface area contributed by atoms with Crippen molar-refractivity contribution in [1.29, 1.82) is 0 Å². The van der Waals surface area contributed by atoms with Crippen LogP contribution >= 0.6 is 34.8 Å². The second kappa shape index (κ2) is 13.5. The van der Waals surface area contributed by atoms with Gasteiger partial charge in [0.2, 0.25) is 21.8 Å². The summed E-state index contributed by atoms with van der Waals surface area (Å²) >= 11 is 18.5. The van der Waals surface area contributed by atoms with Gasteiger partial charge in [-0.25, -0.2) is 8.42 Å². The van der Waals surface area contributed by atoms with Gasteiger partial charge in [0, 0.05) is 28.2 Å². The van der Waals surface area contributed by atoms with Crippen LogP contribution in [0.15, 0.2) is 36.4 Å². The highest BCUT2D eigenvalue weighted by molar-refractivity contribution is 7.92. The largest absolute Gasteiger partial charge is 0.354 e. The van der Waals surface area contributed by atoms with E-state index in [0.717, 1.165) is 23.4 Å². The number of nitrogens with zero attached hydrogens (tertiary/aromatic N) is 2. The molecule has 1 N–H and O–H groups in total. The normalized spacial score (nSPS) is 12.2. The molecular weight excluding hydrogens is 545 g/mol. The highest BCUT2D eigenvalue weighted by atomic mass is 35.5. The Labute approximate surface area is 228 Å². The van der Waals surface area contributed by atoms with E-state index < -0.39 is 28.5 Å². The lowest BCUT2D eigenvalue weighted by Crippen LogP contribution is -2.52. The van der Waals surface area contributed by atoms with E-state index in [1.54, 1.807) is 44.2 Å². The third-order valence-electron chi connectivity index (χ3n) is 5.69. The number of sulfonamides is 1. The Bertz CT molecular complexity index is 1190. The van der Waals surface area contributed by atoms with Crippen molar-refractivity contribution in [2.75, 3.05) is 23.7 Å². The van der Waals surface area contributed by atoms with Gasteiger partial charge in [-0.3, -0.25) is 13.9 Å². The van der Waals surface area contributed by atoms with Gasteiger partial charge in [0.05, 0.1) is 11.9 Å². The van der Waals surface area contributed by atoms with Gasteiger partial charge in [-0.1, -0.05) is 67.2 Å². The number of amides is 2. The quantitative estimate of drug-likeness (QED) is 0.341. The Morgan fingerprint density at radius 3 is 2.25 bits per heavy atom. The molecule has 2 aromatic rings. The van der Waals surface area contributed by atoms with Crippen LogP contribution in [-0.4, -0.2) is 50.5 Å². The molecule has 1 atom stereocenters. The molecule has 0 saturated carbocycles. The number of hydrogen-bond donors (Lipinski definition) is 1. The summed E-state index contributed by atoms with van der Waals surface area (Å²) in [4.78, 5) is 28.2. The van der Waals surface area contributed by atoms with Crippen molar-refractivity contribution < 1.29 is 18.0 Å². The van der Waals surface area contributed by atoms with Crippen molar-refractivity contribution >= 4 is 62.3 Å². The molecule has 0 aliphatic carbocycles. The third-order valence-corrected chi connectivity index (χ3v) is 7.64. The van der Waals surface area contributed by atoms with Crippen LogP contribution in [0.4, 0.5) is 5.69 Å². The number of benzene rings is 2. The zero-order chi connectivity index (χ0) is 27.0. The number of halogens is 3. The summed E-state index contributed by atoms with van der Waals surface area (Å²) in [6.45, 7) is 5.51. The van der Waals surface area contributed by atoms with Crippen LogP contribution in [0.1, 0.15) is 44.2 Å². The fourth-order valence-electron chi connectivity index (χ4n) is 3.71. The zero-order valence-electron chi connectivity index (χ0n) is 20.9. The Kier molecular flexibility index (Phi) is 11.3. The van der Waals surface area contributed by atoms with Crippen molar-refractivity contribution in [3.8, 4) is 0 Å². The van der Waals surface area contributed by atoms with E-state index in [-0.39, 0.29) is 12.5 Å². The molecule has 0 fully saturated rings. The third kappa shape index (κ3) is 8.26. The smallest absolute Gasteiger partial charge is 0.244 e. The zero-order valence-corrected chi connectivity index (χ0v) is 23.9. The molecule has 36 heavy (non-hydrogen) atoms. The van der Waals surface area contributed by atoms with Crippen LogP contribution in [0.3, 0.4) is 0 Å². The molecule has 198 valence electrons. The van der Waals surface area contributed by atoms with Crippen molar-refractivity contribution in [2.45, 2.75) is 52.6 Å². The monoisotopic (exact) mass is 575 g/mol. The summed E-state index contributed by atoms with van der Waals surface area (Å²) in [7, 11) is -3.86. The van der Waals surface area contributed by atoms with E-state index in [4.69, 9.17) is 34.8 Å². The average Bonchev–Trinajstić information content (AvgIpc) is 2.79.